The first kappa shape index (κ1) is 19.6. The van der Waals surface area contributed by atoms with E-state index < -0.39 is 5.66 Å². The molecular formula is C22H19ClN4O4. The normalized spacial score (nSPS) is 20.0. The molecule has 2 aromatic heterocycles. The number of rotatable bonds is 3. The predicted octanol–water partition coefficient (Wildman–Crippen LogP) is 3.11. The Bertz CT molecular complexity index is 1230. The average Bonchev–Trinajstić information content (AvgIpc) is 3.45. The summed E-state index contributed by atoms with van der Waals surface area (Å²) in [6.07, 6.45) is 3.08. The van der Waals surface area contributed by atoms with Crippen molar-refractivity contribution in [1.82, 2.24) is 19.5 Å². The van der Waals surface area contributed by atoms with Gasteiger partial charge in [-0.2, -0.15) is 0 Å². The van der Waals surface area contributed by atoms with Crippen molar-refractivity contribution >= 4 is 29.2 Å². The van der Waals surface area contributed by atoms with Gasteiger partial charge >= 0.3 is 0 Å². The zero-order valence-electron chi connectivity index (χ0n) is 17.0. The van der Waals surface area contributed by atoms with Crippen LogP contribution in [0, 0.1) is 6.92 Å². The summed E-state index contributed by atoms with van der Waals surface area (Å²) in [5, 5.41) is 4.29. The smallest absolute Gasteiger partial charge is 0.272 e. The van der Waals surface area contributed by atoms with E-state index in [1.807, 2.05) is 12.1 Å². The van der Waals surface area contributed by atoms with Gasteiger partial charge in [-0.3, -0.25) is 14.4 Å². The van der Waals surface area contributed by atoms with Crippen molar-refractivity contribution < 1.29 is 18.9 Å². The summed E-state index contributed by atoms with van der Waals surface area (Å²) >= 11 is 6.12. The lowest BCUT2D eigenvalue weighted by atomic mass is 9.93. The Morgan fingerprint density at radius 2 is 1.94 bits per heavy atom. The molecule has 31 heavy (non-hydrogen) atoms. The molecule has 1 fully saturated rings. The molecule has 9 heteroatoms. The second-order valence-electron chi connectivity index (χ2n) is 7.83. The lowest BCUT2D eigenvalue weighted by Crippen LogP contribution is -2.60. The SMILES string of the molecule is CC(=O)c1cc2n(c1)CC1(c3ccc(Cl)cc3)N(C(=O)c3cnoc3C)CCN1C2=O. The first-order chi connectivity index (χ1) is 14.8. The van der Waals surface area contributed by atoms with Gasteiger partial charge in [0.25, 0.3) is 11.8 Å². The van der Waals surface area contributed by atoms with Gasteiger partial charge in [0, 0.05) is 35.4 Å². The van der Waals surface area contributed by atoms with Crippen molar-refractivity contribution in [3.63, 3.8) is 0 Å². The van der Waals surface area contributed by atoms with Crippen molar-refractivity contribution in [2.24, 2.45) is 0 Å². The third-order valence-electron chi connectivity index (χ3n) is 6.13. The van der Waals surface area contributed by atoms with E-state index in [0.717, 1.165) is 5.56 Å². The van der Waals surface area contributed by atoms with Gasteiger partial charge in [0.2, 0.25) is 0 Å². The highest BCUT2D eigenvalue weighted by molar-refractivity contribution is 6.30. The molecule has 1 aromatic carbocycles. The van der Waals surface area contributed by atoms with E-state index in [-0.39, 0.29) is 17.6 Å². The molecule has 0 bridgehead atoms. The van der Waals surface area contributed by atoms with Crippen LogP contribution in [0.3, 0.4) is 0 Å². The Balaban J connectivity index is 1.70. The number of benzene rings is 1. The van der Waals surface area contributed by atoms with Gasteiger partial charge in [-0.15, -0.1) is 0 Å². The summed E-state index contributed by atoms with van der Waals surface area (Å²) < 4.78 is 6.86. The Morgan fingerprint density at radius 1 is 1.19 bits per heavy atom. The lowest BCUT2D eigenvalue weighted by molar-refractivity contribution is -0.00600. The monoisotopic (exact) mass is 438 g/mol. The maximum absolute atomic E-state index is 13.6. The van der Waals surface area contributed by atoms with Crippen LogP contribution < -0.4 is 0 Å². The molecule has 0 N–H and O–H groups in total. The first-order valence-electron chi connectivity index (χ1n) is 9.85. The number of halogens is 1. The van der Waals surface area contributed by atoms with Gasteiger partial charge in [-0.25, -0.2) is 0 Å². The fourth-order valence-electron chi connectivity index (χ4n) is 4.58. The minimum absolute atomic E-state index is 0.122. The summed E-state index contributed by atoms with van der Waals surface area (Å²) in [5.74, 6) is -0.210. The average molecular weight is 439 g/mol. The van der Waals surface area contributed by atoms with Crippen LogP contribution in [0.5, 0.6) is 0 Å². The van der Waals surface area contributed by atoms with Crippen LogP contribution in [0.1, 0.15) is 49.5 Å². The van der Waals surface area contributed by atoms with Crippen LogP contribution in [-0.4, -0.2) is 50.2 Å². The van der Waals surface area contributed by atoms with E-state index in [4.69, 9.17) is 16.1 Å². The third kappa shape index (κ3) is 2.75. The van der Waals surface area contributed by atoms with E-state index in [0.29, 0.717) is 47.2 Å². The zero-order valence-corrected chi connectivity index (χ0v) is 17.7. The Morgan fingerprint density at radius 3 is 2.58 bits per heavy atom. The number of fused-ring (bicyclic) bond motifs is 2. The molecular weight excluding hydrogens is 420 g/mol. The Hall–Kier alpha value is -3.39. The van der Waals surface area contributed by atoms with Crippen molar-refractivity contribution in [1.29, 1.82) is 0 Å². The summed E-state index contributed by atoms with van der Waals surface area (Å²) in [5.41, 5.74) is 0.941. The van der Waals surface area contributed by atoms with Crippen LogP contribution in [0.4, 0.5) is 0 Å². The van der Waals surface area contributed by atoms with Crippen LogP contribution >= 0.6 is 11.6 Å². The standard InChI is InChI=1S/C22H19ClN4O4/c1-13(28)15-9-19-21(30)27-8-7-26(20(29)18-10-24-31-14(18)2)22(27,12-25(19)11-15)16-3-5-17(23)6-4-16/h3-6,9-11H,7-8,12H2,1-2H3. The molecule has 1 atom stereocenters. The molecule has 0 radical (unpaired) electrons. The van der Waals surface area contributed by atoms with Crippen molar-refractivity contribution in [2.75, 3.05) is 13.1 Å². The molecule has 2 aliphatic rings. The largest absolute Gasteiger partial charge is 0.361 e. The van der Waals surface area contributed by atoms with Crippen LogP contribution in [0.25, 0.3) is 0 Å². The summed E-state index contributed by atoms with van der Waals surface area (Å²) in [6, 6.07) is 8.76. The Labute approximate surface area is 183 Å². The minimum atomic E-state index is -1.07. The van der Waals surface area contributed by atoms with Crippen molar-refractivity contribution in [2.45, 2.75) is 26.1 Å². The molecule has 1 saturated heterocycles. The molecule has 0 aliphatic carbocycles. The van der Waals surface area contributed by atoms with E-state index >= 15 is 0 Å². The highest BCUT2D eigenvalue weighted by Crippen LogP contribution is 2.44. The summed E-state index contributed by atoms with van der Waals surface area (Å²) in [7, 11) is 0. The number of ketones is 1. The molecule has 2 amide bonds. The highest BCUT2D eigenvalue weighted by atomic mass is 35.5. The molecule has 158 valence electrons. The minimum Gasteiger partial charge on any atom is -0.361 e. The molecule has 3 aromatic rings. The quantitative estimate of drug-likeness (QED) is 0.586. The van der Waals surface area contributed by atoms with Gasteiger partial charge in [0.05, 0.1) is 12.7 Å². The van der Waals surface area contributed by atoms with E-state index in [9.17, 15) is 14.4 Å². The third-order valence-corrected chi connectivity index (χ3v) is 6.38. The van der Waals surface area contributed by atoms with Gasteiger partial charge in [-0.1, -0.05) is 28.9 Å². The second-order valence-corrected chi connectivity index (χ2v) is 8.27. The molecule has 8 nitrogen and oxygen atoms in total. The van der Waals surface area contributed by atoms with Crippen molar-refractivity contribution in [3.05, 3.63) is 75.9 Å². The number of carbonyl (C=O) groups excluding carboxylic acids is 3. The maximum Gasteiger partial charge on any atom is 0.272 e. The number of aromatic nitrogens is 2. The van der Waals surface area contributed by atoms with Crippen molar-refractivity contribution in [3.8, 4) is 0 Å². The summed E-state index contributed by atoms with van der Waals surface area (Å²) in [6.45, 7) is 4.14. The Kier molecular flexibility index (Phi) is 4.30. The van der Waals surface area contributed by atoms with Gasteiger partial charge in [0.1, 0.15) is 17.0 Å². The van der Waals surface area contributed by atoms with Crippen LogP contribution in [-0.2, 0) is 12.2 Å². The maximum atomic E-state index is 13.6. The van der Waals surface area contributed by atoms with Crippen LogP contribution in [0.2, 0.25) is 5.02 Å². The molecule has 2 aliphatic heterocycles. The molecule has 5 rings (SSSR count). The number of hydrogen-bond acceptors (Lipinski definition) is 5. The molecule has 4 heterocycles. The second kappa shape index (κ2) is 6.81. The van der Waals surface area contributed by atoms with E-state index in [1.54, 1.807) is 45.7 Å². The molecule has 0 spiro atoms. The topological polar surface area (TPSA) is 88.7 Å². The van der Waals surface area contributed by atoms with Crippen LogP contribution in [0.15, 0.2) is 47.2 Å². The van der Waals surface area contributed by atoms with E-state index in [1.165, 1.54) is 13.1 Å². The zero-order chi connectivity index (χ0) is 21.9. The number of nitrogens with zero attached hydrogens (tertiary/aromatic N) is 4. The van der Waals surface area contributed by atoms with Gasteiger partial charge < -0.3 is 18.9 Å². The number of Topliss-reactive ketones (excluding diaryl/α,β-unsaturated/α-hetero) is 1. The number of amides is 2. The fraction of sp³-hybridized carbons (Fsp3) is 0.273. The number of hydrogen-bond donors (Lipinski definition) is 0. The molecule has 0 saturated carbocycles. The van der Waals surface area contributed by atoms with Gasteiger partial charge in [0.15, 0.2) is 11.4 Å². The number of aryl methyl sites for hydroxylation is 1. The lowest BCUT2D eigenvalue weighted by Gasteiger charge is -2.47. The first-order valence-corrected chi connectivity index (χ1v) is 10.2. The molecule has 1 unspecified atom stereocenters. The van der Waals surface area contributed by atoms with Gasteiger partial charge in [-0.05, 0) is 32.0 Å². The highest BCUT2D eigenvalue weighted by Gasteiger charge is 2.56. The number of carbonyl (C=O) groups is 3. The predicted molar refractivity (Wildman–Crippen MR) is 111 cm³/mol. The fourth-order valence-corrected chi connectivity index (χ4v) is 4.71. The van der Waals surface area contributed by atoms with E-state index in [2.05, 4.69) is 5.16 Å². The summed E-state index contributed by atoms with van der Waals surface area (Å²) in [4.78, 5) is 42.4.